The van der Waals surface area contributed by atoms with E-state index in [1.54, 1.807) is 24.3 Å². The van der Waals surface area contributed by atoms with Crippen molar-refractivity contribution in [2.24, 2.45) is 5.90 Å². The second-order valence-corrected chi connectivity index (χ2v) is 8.01. The molecule has 1 saturated heterocycles. The van der Waals surface area contributed by atoms with Gasteiger partial charge in [0.1, 0.15) is 17.1 Å². The van der Waals surface area contributed by atoms with Crippen LogP contribution >= 0.6 is 0 Å². The minimum Gasteiger partial charge on any atom is -0.490 e. The topological polar surface area (TPSA) is 119 Å². The second kappa shape index (κ2) is 13.7. The predicted octanol–water partition coefficient (Wildman–Crippen LogP) is 3.11. The number of carboxylic acids is 1. The molecule has 1 aromatic rings. The van der Waals surface area contributed by atoms with Crippen LogP contribution < -0.4 is 10.6 Å². The molecule has 27 heavy (non-hydrogen) atoms. The highest BCUT2D eigenvalue weighted by molar-refractivity contribution is 7.86. The minimum atomic E-state index is -1.55. The zero-order valence-electron chi connectivity index (χ0n) is 15.8. The van der Waals surface area contributed by atoms with Crippen LogP contribution in [0.3, 0.4) is 0 Å². The van der Waals surface area contributed by atoms with E-state index in [1.165, 1.54) is 0 Å². The average Bonchev–Trinajstić information content (AvgIpc) is 2.70. The van der Waals surface area contributed by atoms with E-state index in [0.717, 1.165) is 44.3 Å². The van der Waals surface area contributed by atoms with Crippen molar-refractivity contribution in [3.8, 4) is 5.75 Å². The van der Waals surface area contributed by atoms with Crippen LogP contribution in [0.15, 0.2) is 29.2 Å². The number of ether oxygens (including phenoxy) is 2. The molecule has 0 amide bonds. The van der Waals surface area contributed by atoms with E-state index < -0.39 is 22.0 Å². The summed E-state index contributed by atoms with van der Waals surface area (Å²) >= 11 is 0. The molecule has 4 N–H and O–H groups in total. The molecule has 8 heteroatoms. The van der Waals surface area contributed by atoms with Gasteiger partial charge in [0.05, 0.1) is 24.0 Å². The van der Waals surface area contributed by atoms with E-state index in [-0.39, 0.29) is 6.10 Å². The Labute approximate surface area is 163 Å². The molecular formula is C19H31NO6S. The Balaban J connectivity index is 0.00000176. The maximum Gasteiger partial charge on any atom is 0.319 e. The summed E-state index contributed by atoms with van der Waals surface area (Å²) in [7, 11) is -1.55. The Kier molecular flexibility index (Phi) is 11.9. The first-order valence-electron chi connectivity index (χ1n) is 9.35. The quantitative estimate of drug-likeness (QED) is 0.407. The van der Waals surface area contributed by atoms with Gasteiger partial charge in [-0.1, -0.05) is 32.6 Å². The summed E-state index contributed by atoms with van der Waals surface area (Å²) in [5.74, 6) is 3.24. The van der Waals surface area contributed by atoms with Gasteiger partial charge in [0, 0.05) is 17.7 Å². The predicted molar refractivity (Wildman–Crippen MR) is 103 cm³/mol. The Morgan fingerprint density at radius 3 is 2.41 bits per heavy atom. The summed E-state index contributed by atoms with van der Waals surface area (Å²) < 4.78 is 23.8. The van der Waals surface area contributed by atoms with Crippen LogP contribution in [0, 0.1) is 0 Å². The van der Waals surface area contributed by atoms with E-state index >= 15 is 0 Å². The van der Waals surface area contributed by atoms with E-state index in [0.29, 0.717) is 24.5 Å². The van der Waals surface area contributed by atoms with Gasteiger partial charge in [-0.05, 0) is 30.7 Å². The van der Waals surface area contributed by atoms with Crippen LogP contribution in [-0.4, -0.2) is 45.1 Å². The molecule has 0 saturated carbocycles. The molecule has 1 aromatic carbocycles. The summed E-state index contributed by atoms with van der Waals surface area (Å²) in [4.78, 5) is 12.0. The van der Waals surface area contributed by atoms with E-state index in [2.05, 4.69) is 12.8 Å². The lowest BCUT2D eigenvalue weighted by atomic mass is 10.1. The number of unbranched alkanes of at least 4 members (excludes halogenated alkanes) is 3. The molecule has 7 nitrogen and oxygen atoms in total. The molecule has 0 aromatic heterocycles. The summed E-state index contributed by atoms with van der Waals surface area (Å²) in [5, 5.41) is 15.1. The van der Waals surface area contributed by atoms with Crippen LogP contribution in [-0.2, 0) is 20.3 Å². The van der Waals surface area contributed by atoms with Crippen molar-refractivity contribution in [1.82, 2.24) is 0 Å². The Morgan fingerprint density at radius 1 is 1.22 bits per heavy atom. The summed E-state index contributed by atoms with van der Waals surface area (Å²) in [5.41, 5.74) is 0. The van der Waals surface area contributed by atoms with Gasteiger partial charge in [-0.15, -0.1) is 0 Å². The first-order valence-corrected chi connectivity index (χ1v) is 10.6. The Morgan fingerprint density at radius 2 is 1.85 bits per heavy atom. The van der Waals surface area contributed by atoms with Crippen molar-refractivity contribution in [2.75, 3.05) is 13.2 Å². The molecule has 0 radical (unpaired) electrons. The van der Waals surface area contributed by atoms with Crippen molar-refractivity contribution in [3.05, 3.63) is 24.3 Å². The number of benzene rings is 1. The maximum atomic E-state index is 12.6. The van der Waals surface area contributed by atoms with Crippen LogP contribution in [0.4, 0.5) is 0 Å². The molecule has 154 valence electrons. The lowest BCUT2D eigenvalue weighted by Gasteiger charge is -2.23. The summed E-state index contributed by atoms with van der Waals surface area (Å²) in [6.45, 7) is 3.53. The fourth-order valence-electron chi connectivity index (χ4n) is 2.88. The van der Waals surface area contributed by atoms with Gasteiger partial charge in [-0.25, -0.2) is 5.90 Å². The normalized spacial score (nSPS) is 16.7. The van der Waals surface area contributed by atoms with Crippen molar-refractivity contribution >= 4 is 16.8 Å². The zero-order valence-corrected chi connectivity index (χ0v) is 16.7. The number of hydrogen-bond donors (Lipinski definition) is 3. The van der Waals surface area contributed by atoms with E-state index in [9.17, 15) is 14.1 Å². The lowest BCUT2D eigenvalue weighted by molar-refractivity contribution is -0.136. The van der Waals surface area contributed by atoms with Gasteiger partial charge in [-0.2, -0.15) is 0 Å². The number of aliphatic carboxylic acids is 1. The zero-order chi connectivity index (χ0) is 20.1. The molecule has 2 rings (SSSR count). The first kappa shape index (κ1) is 23.6. The first-order chi connectivity index (χ1) is 13.1. The highest BCUT2D eigenvalue weighted by Gasteiger charge is 2.25. The molecule has 0 spiro atoms. The minimum absolute atomic E-state index is 0.149. The van der Waals surface area contributed by atoms with E-state index in [4.69, 9.17) is 14.7 Å². The molecule has 1 aliphatic rings. The van der Waals surface area contributed by atoms with Gasteiger partial charge in [-0.3, -0.25) is 9.00 Å². The van der Waals surface area contributed by atoms with Crippen molar-refractivity contribution in [2.45, 2.75) is 68.1 Å². The number of nitrogens with two attached hydrogens (primary N) is 1. The molecule has 2 atom stereocenters. The Hall–Kier alpha value is -1.48. The van der Waals surface area contributed by atoms with Crippen LogP contribution in [0.1, 0.15) is 51.9 Å². The van der Waals surface area contributed by atoms with Gasteiger partial charge in [0.15, 0.2) is 0 Å². The van der Waals surface area contributed by atoms with Gasteiger partial charge >= 0.3 is 5.97 Å². The van der Waals surface area contributed by atoms with Gasteiger partial charge in [0.25, 0.3) is 0 Å². The Bertz CT molecular complexity index is 560. The van der Waals surface area contributed by atoms with E-state index in [1.807, 2.05) is 0 Å². The number of hydrogen-bond acceptors (Lipinski definition) is 6. The molecule has 0 bridgehead atoms. The van der Waals surface area contributed by atoms with Crippen molar-refractivity contribution < 1.29 is 28.8 Å². The third-order valence-corrected chi connectivity index (χ3v) is 6.07. The van der Waals surface area contributed by atoms with Crippen LogP contribution in [0.25, 0.3) is 0 Å². The standard InChI is InChI=1S/C19H28O5S.H3NO/c1-2-3-4-5-6-18(19(20)21)25(22)17-9-7-15(8-10-17)24-16-11-13-23-14-12-16;1-2/h7-10,16,18H,2-6,11-14H2,1H3,(H,20,21);2H,1H2. The monoisotopic (exact) mass is 401 g/mol. The van der Waals surface area contributed by atoms with Crippen molar-refractivity contribution in [3.63, 3.8) is 0 Å². The maximum absolute atomic E-state index is 12.6. The summed E-state index contributed by atoms with van der Waals surface area (Å²) in [6.07, 6.45) is 6.28. The highest BCUT2D eigenvalue weighted by Crippen LogP contribution is 2.22. The fraction of sp³-hybridized carbons (Fsp3) is 0.632. The lowest BCUT2D eigenvalue weighted by Crippen LogP contribution is -2.26. The second-order valence-electron chi connectivity index (χ2n) is 6.37. The molecule has 0 aliphatic carbocycles. The molecule has 2 unspecified atom stereocenters. The molecular weight excluding hydrogens is 370 g/mol. The number of rotatable bonds is 10. The molecule has 1 aliphatic heterocycles. The number of carbonyl (C=O) groups is 1. The highest BCUT2D eigenvalue weighted by atomic mass is 32.2. The summed E-state index contributed by atoms with van der Waals surface area (Å²) in [6, 6.07) is 6.98. The average molecular weight is 402 g/mol. The third-order valence-electron chi connectivity index (χ3n) is 4.38. The third kappa shape index (κ3) is 8.38. The van der Waals surface area contributed by atoms with Crippen LogP contribution in [0.2, 0.25) is 0 Å². The van der Waals surface area contributed by atoms with Gasteiger partial charge in [0.2, 0.25) is 0 Å². The van der Waals surface area contributed by atoms with Gasteiger partial charge < -0.3 is 19.8 Å². The number of carboxylic acid groups (broad SMARTS) is 1. The SMILES string of the molecule is CCCCCCC(C(=O)O)S(=O)c1ccc(OC2CCOCC2)cc1.NO. The fourth-order valence-corrected chi connectivity index (χ4v) is 4.18. The molecule has 1 heterocycles. The molecule has 1 fully saturated rings. The smallest absolute Gasteiger partial charge is 0.319 e. The van der Waals surface area contributed by atoms with Crippen LogP contribution in [0.5, 0.6) is 5.75 Å². The van der Waals surface area contributed by atoms with Crippen molar-refractivity contribution in [1.29, 1.82) is 0 Å². The largest absolute Gasteiger partial charge is 0.490 e.